The van der Waals surface area contributed by atoms with Crippen LogP contribution in [0.3, 0.4) is 0 Å². The summed E-state index contributed by atoms with van der Waals surface area (Å²) in [6.45, 7) is 6.64. The molecule has 0 radical (unpaired) electrons. The van der Waals surface area contributed by atoms with Crippen LogP contribution in [0.4, 0.5) is 0 Å². The van der Waals surface area contributed by atoms with Crippen LogP contribution in [0.2, 0.25) is 0 Å². The largest absolute Gasteiger partial charge is 0.394 e. The average Bonchev–Trinajstić information content (AvgIpc) is 2.89. The smallest absolute Gasteiger partial charge is 0.225 e. The number of aliphatic hydroxyl groups excluding tert-OH is 1. The molecule has 0 bridgehead atoms. The van der Waals surface area contributed by atoms with E-state index in [4.69, 9.17) is 4.74 Å². The monoisotopic (exact) mass is 297 g/mol. The van der Waals surface area contributed by atoms with Crippen molar-refractivity contribution in [2.75, 3.05) is 13.2 Å². The van der Waals surface area contributed by atoms with Gasteiger partial charge in [-0.2, -0.15) is 0 Å². The van der Waals surface area contributed by atoms with E-state index >= 15 is 0 Å². The van der Waals surface area contributed by atoms with E-state index in [2.05, 4.69) is 5.32 Å². The first-order valence-corrected chi connectivity index (χ1v) is 7.89. The van der Waals surface area contributed by atoms with Crippen LogP contribution < -0.4 is 5.32 Å². The Kier molecular flexibility index (Phi) is 4.52. The van der Waals surface area contributed by atoms with Gasteiger partial charge in [0.05, 0.1) is 24.7 Å². The van der Waals surface area contributed by atoms with Gasteiger partial charge in [0.1, 0.15) is 0 Å². The van der Waals surface area contributed by atoms with E-state index in [1.165, 1.54) is 0 Å². The van der Waals surface area contributed by atoms with Crippen molar-refractivity contribution >= 4 is 17.2 Å². The molecule has 1 aliphatic carbocycles. The third-order valence-electron chi connectivity index (χ3n) is 4.50. The molecule has 1 aromatic heterocycles. The van der Waals surface area contributed by atoms with Crippen LogP contribution in [-0.4, -0.2) is 35.9 Å². The van der Waals surface area contributed by atoms with E-state index in [9.17, 15) is 9.90 Å². The van der Waals surface area contributed by atoms with E-state index in [0.29, 0.717) is 19.4 Å². The second-order valence-corrected chi connectivity index (χ2v) is 6.95. The first-order chi connectivity index (χ1) is 9.45. The fraction of sp³-hybridized carbons (Fsp3) is 0.667. The summed E-state index contributed by atoms with van der Waals surface area (Å²) in [5.41, 5.74) is -0.829. The highest BCUT2D eigenvalue weighted by atomic mass is 32.1. The summed E-state index contributed by atoms with van der Waals surface area (Å²) in [5.74, 6) is -0.0375. The molecule has 2 atom stereocenters. The number of nitrogens with one attached hydrogen (secondary N) is 1. The van der Waals surface area contributed by atoms with Crippen LogP contribution in [0.5, 0.6) is 0 Å². The van der Waals surface area contributed by atoms with Crippen molar-refractivity contribution in [2.24, 2.45) is 5.41 Å². The van der Waals surface area contributed by atoms with Gasteiger partial charge in [0.2, 0.25) is 5.91 Å². The molecule has 5 heteroatoms. The molecule has 1 amide bonds. The van der Waals surface area contributed by atoms with E-state index in [1.54, 1.807) is 11.3 Å². The van der Waals surface area contributed by atoms with Crippen molar-refractivity contribution in [2.45, 2.75) is 45.3 Å². The van der Waals surface area contributed by atoms with E-state index in [1.807, 2.05) is 38.3 Å². The average molecular weight is 297 g/mol. The summed E-state index contributed by atoms with van der Waals surface area (Å²) >= 11 is 1.57. The number of hydrogen-bond donors (Lipinski definition) is 2. The van der Waals surface area contributed by atoms with Crippen LogP contribution >= 0.6 is 11.3 Å². The Labute approximate surface area is 124 Å². The van der Waals surface area contributed by atoms with Crippen LogP contribution in [0, 0.1) is 5.41 Å². The predicted molar refractivity (Wildman–Crippen MR) is 79.8 cm³/mol. The molecular weight excluding hydrogens is 274 g/mol. The number of carbonyl (C=O) groups excluding carboxylic acids is 1. The molecule has 112 valence electrons. The number of ether oxygens (including phenoxy) is 1. The lowest BCUT2D eigenvalue weighted by Gasteiger charge is -2.60. The lowest BCUT2D eigenvalue weighted by Crippen LogP contribution is -2.74. The second-order valence-electron chi connectivity index (χ2n) is 5.91. The van der Waals surface area contributed by atoms with Gasteiger partial charge in [-0.05, 0) is 18.4 Å². The van der Waals surface area contributed by atoms with Crippen molar-refractivity contribution < 1.29 is 14.6 Å². The molecule has 1 fully saturated rings. The molecule has 0 unspecified atom stereocenters. The normalized spacial score (nSPS) is 27.9. The molecular formula is C15H23NO3S. The maximum absolute atomic E-state index is 12.2. The summed E-state index contributed by atoms with van der Waals surface area (Å²) in [6, 6.07) is 3.89. The molecule has 20 heavy (non-hydrogen) atoms. The quantitative estimate of drug-likeness (QED) is 0.844. The van der Waals surface area contributed by atoms with E-state index < -0.39 is 5.54 Å². The summed E-state index contributed by atoms with van der Waals surface area (Å²) in [7, 11) is 0. The zero-order valence-electron chi connectivity index (χ0n) is 12.3. The highest BCUT2D eigenvalue weighted by molar-refractivity contribution is 7.10. The second kappa shape index (κ2) is 5.84. The molecule has 1 aliphatic rings. The van der Waals surface area contributed by atoms with Gasteiger partial charge in [-0.3, -0.25) is 4.79 Å². The third kappa shape index (κ3) is 2.62. The van der Waals surface area contributed by atoms with Crippen molar-refractivity contribution in [1.82, 2.24) is 5.32 Å². The highest BCUT2D eigenvalue weighted by Crippen LogP contribution is 2.51. The Hall–Kier alpha value is -0.910. The van der Waals surface area contributed by atoms with Gasteiger partial charge in [0.15, 0.2) is 0 Å². The maximum atomic E-state index is 12.2. The van der Waals surface area contributed by atoms with Gasteiger partial charge in [-0.15, -0.1) is 11.3 Å². The highest BCUT2D eigenvalue weighted by Gasteiger charge is 2.61. The van der Waals surface area contributed by atoms with Crippen LogP contribution in [0.1, 0.15) is 32.1 Å². The zero-order valence-corrected chi connectivity index (χ0v) is 13.1. The van der Waals surface area contributed by atoms with Crippen molar-refractivity contribution in [1.29, 1.82) is 0 Å². The Balaban J connectivity index is 2.00. The SMILES string of the molecule is CCO[C@H]1C[C@@](CO)(NC(=O)Cc2cccs2)C1(C)C. The van der Waals surface area contributed by atoms with Crippen LogP contribution in [-0.2, 0) is 16.0 Å². The van der Waals surface area contributed by atoms with Gasteiger partial charge >= 0.3 is 0 Å². The summed E-state index contributed by atoms with van der Waals surface area (Å²) in [6.07, 6.45) is 1.12. The van der Waals surface area contributed by atoms with Gasteiger partial charge in [0, 0.05) is 23.3 Å². The standard InChI is InChI=1S/C15H23NO3S/c1-4-19-12-9-15(10-17,14(12,2)3)16-13(18)8-11-6-5-7-20-11/h5-7,12,17H,4,8-10H2,1-3H3,(H,16,18)/t12-,15-/m0/s1. The minimum atomic E-state index is -0.568. The first kappa shape index (κ1) is 15.5. The van der Waals surface area contributed by atoms with Gasteiger partial charge in [-0.1, -0.05) is 19.9 Å². The molecule has 1 saturated carbocycles. The molecule has 0 aliphatic heterocycles. The summed E-state index contributed by atoms with van der Waals surface area (Å²) in [4.78, 5) is 13.2. The molecule has 0 aromatic carbocycles. The fourth-order valence-corrected chi connectivity index (χ4v) is 3.59. The molecule has 2 rings (SSSR count). The number of amides is 1. The summed E-state index contributed by atoms with van der Waals surface area (Å²) < 4.78 is 5.68. The molecule has 1 heterocycles. The minimum absolute atomic E-state index is 0.0375. The third-order valence-corrected chi connectivity index (χ3v) is 5.38. The van der Waals surface area contributed by atoms with Gasteiger partial charge in [-0.25, -0.2) is 0 Å². The van der Waals surface area contributed by atoms with Crippen LogP contribution in [0.15, 0.2) is 17.5 Å². The van der Waals surface area contributed by atoms with E-state index in [-0.39, 0.29) is 24.0 Å². The Bertz CT molecular complexity index is 458. The van der Waals surface area contributed by atoms with Crippen LogP contribution in [0.25, 0.3) is 0 Å². The molecule has 1 aromatic rings. The molecule has 0 spiro atoms. The lowest BCUT2D eigenvalue weighted by atomic mass is 9.54. The van der Waals surface area contributed by atoms with Crippen molar-refractivity contribution in [3.63, 3.8) is 0 Å². The predicted octanol–water partition coefficient (Wildman–Crippen LogP) is 1.97. The van der Waals surface area contributed by atoms with Crippen molar-refractivity contribution in [3.05, 3.63) is 22.4 Å². The Morgan fingerprint density at radius 2 is 2.35 bits per heavy atom. The van der Waals surface area contributed by atoms with Gasteiger partial charge < -0.3 is 15.2 Å². The number of hydrogen-bond acceptors (Lipinski definition) is 4. The Morgan fingerprint density at radius 1 is 1.60 bits per heavy atom. The molecule has 0 saturated heterocycles. The summed E-state index contributed by atoms with van der Waals surface area (Å²) in [5, 5.41) is 14.8. The topological polar surface area (TPSA) is 58.6 Å². The molecule has 4 nitrogen and oxygen atoms in total. The number of carbonyl (C=O) groups is 1. The van der Waals surface area contributed by atoms with Gasteiger partial charge in [0.25, 0.3) is 0 Å². The number of thiophene rings is 1. The van der Waals surface area contributed by atoms with Crippen molar-refractivity contribution in [3.8, 4) is 0 Å². The Morgan fingerprint density at radius 3 is 2.85 bits per heavy atom. The van der Waals surface area contributed by atoms with E-state index in [0.717, 1.165) is 4.88 Å². The fourth-order valence-electron chi connectivity index (χ4n) is 2.88. The molecule has 2 N–H and O–H groups in total. The minimum Gasteiger partial charge on any atom is -0.394 e. The zero-order chi connectivity index (χ0) is 14.8. The maximum Gasteiger partial charge on any atom is 0.225 e. The number of rotatable bonds is 6. The first-order valence-electron chi connectivity index (χ1n) is 7.01. The lowest BCUT2D eigenvalue weighted by molar-refractivity contribution is -0.180. The number of aliphatic hydroxyl groups is 1.